The first-order valence-electron chi connectivity index (χ1n) is 6.85. The molecule has 0 unspecified atom stereocenters. The number of hydrogen-bond donors (Lipinski definition) is 1. The SMILES string of the molecule is CCOC(=O)CCCNC(=O)COc1ccc(OC)cc1. The van der Waals surface area contributed by atoms with Crippen LogP contribution in [0.1, 0.15) is 19.8 Å². The molecule has 6 nitrogen and oxygen atoms in total. The highest BCUT2D eigenvalue weighted by atomic mass is 16.5. The van der Waals surface area contributed by atoms with E-state index in [1.165, 1.54) is 0 Å². The minimum Gasteiger partial charge on any atom is -0.497 e. The average Bonchev–Trinajstić information content (AvgIpc) is 2.50. The van der Waals surface area contributed by atoms with Crippen LogP contribution in [0, 0.1) is 0 Å². The fourth-order valence-electron chi connectivity index (χ4n) is 1.57. The lowest BCUT2D eigenvalue weighted by molar-refractivity contribution is -0.143. The van der Waals surface area contributed by atoms with Crippen LogP contribution in [0.15, 0.2) is 24.3 Å². The number of carbonyl (C=O) groups excluding carboxylic acids is 2. The van der Waals surface area contributed by atoms with Gasteiger partial charge in [0.05, 0.1) is 13.7 Å². The first-order chi connectivity index (χ1) is 10.2. The first-order valence-corrected chi connectivity index (χ1v) is 6.85. The summed E-state index contributed by atoms with van der Waals surface area (Å²) in [4.78, 5) is 22.6. The van der Waals surface area contributed by atoms with Gasteiger partial charge in [0.2, 0.25) is 0 Å². The van der Waals surface area contributed by atoms with E-state index in [1.807, 2.05) is 0 Å². The zero-order chi connectivity index (χ0) is 15.5. The zero-order valence-electron chi connectivity index (χ0n) is 12.4. The lowest BCUT2D eigenvalue weighted by Gasteiger charge is -2.08. The molecule has 21 heavy (non-hydrogen) atoms. The highest BCUT2D eigenvalue weighted by molar-refractivity contribution is 5.77. The molecule has 1 amide bonds. The van der Waals surface area contributed by atoms with Crippen molar-refractivity contribution in [2.45, 2.75) is 19.8 Å². The summed E-state index contributed by atoms with van der Waals surface area (Å²) in [7, 11) is 1.58. The molecule has 0 saturated carbocycles. The summed E-state index contributed by atoms with van der Waals surface area (Å²) in [6, 6.07) is 6.97. The van der Waals surface area contributed by atoms with Gasteiger partial charge < -0.3 is 19.5 Å². The van der Waals surface area contributed by atoms with Gasteiger partial charge in [-0.05, 0) is 37.6 Å². The van der Waals surface area contributed by atoms with Crippen molar-refractivity contribution in [1.82, 2.24) is 5.32 Å². The number of methoxy groups -OCH3 is 1. The van der Waals surface area contributed by atoms with Crippen molar-refractivity contribution < 1.29 is 23.8 Å². The smallest absolute Gasteiger partial charge is 0.305 e. The summed E-state index contributed by atoms with van der Waals surface area (Å²) in [5.74, 6) is 0.846. The van der Waals surface area contributed by atoms with Gasteiger partial charge in [0, 0.05) is 13.0 Å². The number of carbonyl (C=O) groups is 2. The number of ether oxygens (including phenoxy) is 3. The van der Waals surface area contributed by atoms with E-state index in [4.69, 9.17) is 14.2 Å². The van der Waals surface area contributed by atoms with Crippen molar-refractivity contribution in [2.24, 2.45) is 0 Å². The molecule has 1 aromatic carbocycles. The Morgan fingerprint density at radius 2 is 1.81 bits per heavy atom. The topological polar surface area (TPSA) is 73.9 Å². The summed E-state index contributed by atoms with van der Waals surface area (Å²) >= 11 is 0. The molecule has 1 aromatic rings. The number of esters is 1. The van der Waals surface area contributed by atoms with Gasteiger partial charge in [0.1, 0.15) is 11.5 Å². The van der Waals surface area contributed by atoms with Crippen molar-refractivity contribution in [1.29, 1.82) is 0 Å². The van der Waals surface area contributed by atoms with E-state index in [1.54, 1.807) is 38.3 Å². The Morgan fingerprint density at radius 3 is 2.43 bits per heavy atom. The Bertz CT molecular complexity index is 444. The van der Waals surface area contributed by atoms with Gasteiger partial charge in [0.15, 0.2) is 6.61 Å². The van der Waals surface area contributed by atoms with Gasteiger partial charge in [-0.3, -0.25) is 9.59 Å². The Labute approximate surface area is 124 Å². The quantitative estimate of drug-likeness (QED) is 0.552. The van der Waals surface area contributed by atoms with Crippen molar-refractivity contribution >= 4 is 11.9 Å². The van der Waals surface area contributed by atoms with Gasteiger partial charge in [-0.2, -0.15) is 0 Å². The van der Waals surface area contributed by atoms with Crippen LogP contribution in [0.3, 0.4) is 0 Å². The van der Waals surface area contributed by atoms with Crippen molar-refractivity contribution in [3.05, 3.63) is 24.3 Å². The lowest BCUT2D eigenvalue weighted by atomic mass is 10.3. The lowest BCUT2D eigenvalue weighted by Crippen LogP contribution is -2.30. The van der Waals surface area contributed by atoms with Crippen LogP contribution in [0.25, 0.3) is 0 Å². The molecule has 0 heterocycles. The molecule has 1 N–H and O–H groups in total. The molecule has 0 spiro atoms. The average molecular weight is 295 g/mol. The van der Waals surface area contributed by atoms with Gasteiger partial charge >= 0.3 is 5.97 Å². The van der Waals surface area contributed by atoms with Crippen LogP contribution < -0.4 is 14.8 Å². The van der Waals surface area contributed by atoms with Crippen LogP contribution in [-0.2, 0) is 14.3 Å². The van der Waals surface area contributed by atoms with Crippen LogP contribution in [0.4, 0.5) is 0 Å². The standard InChI is InChI=1S/C15H21NO5/c1-3-20-15(18)5-4-10-16-14(17)11-21-13-8-6-12(19-2)7-9-13/h6-9H,3-5,10-11H2,1-2H3,(H,16,17). The molecule has 0 atom stereocenters. The first kappa shape index (κ1) is 16.8. The zero-order valence-corrected chi connectivity index (χ0v) is 12.4. The molecule has 0 radical (unpaired) electrons. The number of nitrogens with one attached hydrogen (secondary N) is 1. The molecule has 0 fully saturated rings. The summed E-state index contributed by atoms with van der Waals surface area (Å²) in [5.41, 5.74) is 0. The van der Waals surface area contributed by atoms with Crippen LogP contribution in [-0.4, -0.2) is 38.7 Å². The Kier molecular flexibility index (Phi) is 7.71. The monoisotopic (exact) mass is 295 g/mol. The van der Waals surface area contributed by atoms with Crippen molar-refractivity contribution in [3.8, 4) is 11.5 Å². The number of hydrogen-bond acceptors (Lipinski definition) is 5. The maximum Gasteiger partial charge on any atom is 0.305 e. The van der Waals surface area contributed by atoms with E-state index in [0.29, 0.717) is 31.7 Å². The van der Waals surface area contributed by atoms with Gasteiger partial charge in [-0.1, -0.05) is 0 Å². The summed E-state index contributed by atoms with van der Waals surface area (Å²) < 4.78 is 15.1. The molecule has 0 aliphatic rings. The molecule has 0 saturated heterocycles. The largest absolute Gasteiger partial charge is 0.497 e. The molecule has 0 aliphatic carbocycles. The molecule has 1 rings (SSSR count). The maximum atomic E-state index is 11.5. The van der Waals surface area contributed by atoms with E-state index in [0.717, 1.165) is 5.75 Å². The number of amides is 1. The fraction of sp³-hybridized carbons (Fsp3) is 0.467. The summed E-state index contributed by atoms with van der Waals surface area (Å²) in [5, 5.41) is 2.68. The van der Waals surface area contributed by atoms with Crippen LogP contribution in [0.2, 0.25) is 0 Å². The Morgan fingerprint density at radius 1 is 1.14 bits per heavy atom. The molecule has 0 aliphatic heterocycles. The molecule has 116 valence electrons. The summed E-state index contributed by atoms with van der Waals surface area (Å²) in [6.45, 7) is 2.49. The van der Waals surface area contributed by atoms with E-state index >= 15 is 0 Å². The third-order valence-electron chi connectivity index (χ3n) is 2.61. The second kappa shape index (κ2) is 9.63. The second-order valence-corrected chi connectivity index (χ2v) is 4.22. The van der Waals surface area contributed by atoms with Gasteiger partial charge in [-0.25, -0.2) is 0 Å². The Balaban J connectivity index is 2.14. The molecular formula is C15H21NO5. The Hall–Kier alpha value is -2.24. The third kappa shape index (κ3) is 7.20. The predicted molar refractivity (Wildman–Crippen MR) is 77.4 cm³/mol. The molecule has 0 bridgehead atoms. The van der Waals surface area contributed by atoms with Gasteiger partial charge in [0.25, 0.3) is 5.91 Å². The molecular weight excluding hydrogens is 274 g/mol. The molecule has 0 aromatic heterocycles. The van der Waals surface area contributed by atoms with Crippen LogP contribution in [0.5, 0.6) is 11.5 Å². The van der Waals surface area contributed by atoms with Crippen LogP contribution >= 0.6 is 0 Å². The van der Waals surface area contributed by atoms with Crippen molar-refractivity contribution in [2.75, 3.05) is 26.9 Å². The van der Waals surface area contributed by atoms with E-state index in [9.17, 15) is 9.59 Å². The minimum absolute atomic E-state index is 0.0638. The van der Waals surface area contributed by atoms with E-state index in [2.05, 4.69) is 5.32 Å². The number of rotatable bonds is 9. The normalized spacial score (nSPS) is 9.81. The second-order valence-electron chi connectivity index (χ2n) is 4.22. The number of benzene rings is 1. The fourth-order valence-corrected chi connectivity index (χ4v) is 1.57. The predicted octanol–water partition coefficient (Wildman–Crippen LogP) is 1.53. The third-order valence-corrected chi connectivity index (χ3v) is 2.61. The molecule has 6 heteroatoms. The highest BCUT2D eigenvalue weighted by Crippen LogP contribution is 2.16. The van der Waals surface area contributed by atoms with E-state index < -0.39 is 0 Å². The highest BCUT2D eigenvalue weighted by Gasteiger charge is 2.04. The van der Waals surface area contributed by atoms with Gasteiger partial charge in [-0.15, -0.1) is 0 Å². The maximum absolute atomic E-state index is 11.5. The minimum atomic E-state index is -0.249. The summed E-state index contributed by atoms with van der Waals surface area (Å²) in [6.07, 6.45) is 0.848. The van der Waals surface area contributed by atoms with Crippen molar-refractivity contribution in [3.63, 3.8) is 0 Å². The van der Waals surface area contributed by atoms with E-state index in [-0.39, 0.29) is 18.5 Å².